The second kappa shape index (κ2) is 5.28. The number of likely N-dealkylation sites (N-methyl/N-ethyl adjacent to an activating group) is 2. The molecule has 1 heterocycles. The van der Waals surface area contributed by atoms with E-state index in [-0.39, 0.29) is 5.91 Å². The number of carbonyl (C=O) groups is 1. The van der Waals surface area contributed by atoms with E-state index < -0.39 is 0 Å². The lowest BCUT2D eigenvalue weighted by molar-refractivity contribution is 0.0791. The number of hydrogen-bond donors (Lipinski definition) is 0. The van der Waals surface area contributed by atoms with Gasteiger partial charge in [0, 0.05) is 25.0 Å². The Kier molecular flexibility index (Phi) is 4.29. The van der Waals surface area contributed by atoms with Crippen molar-refractivity contribution in [1.29, 1.82) is 0 Å². The van der Waals surface area contributed by atoms with Crippen LogP contribution in [0.15, 0.2) is 12.1 Å². The zero-order chi connectivity index (χ0) is 11.4. The van der Waals surface area contributed by atoms with Gasteiger partial charge in [-0.2, -0.15) is 0 Å². The zero-order valence-corrected chi connectivity index (χ0v) is 10.6. The third-order valence-corrected chi connectivity index (χ3v) is 3.17. The average Bonchev–Trinajstić information content (AvgIpc) is 2.60. The van der Waals surface area contributed by atoms with E-state index in [1.807, 2.05) is 40.2 Å². The van der Waals surface area contributed by atoms with Crippen LogP contribution >= 0.6 is 11.3 Å². The topological polar surface area (TPSA) is 23.6 Å². The molecule has 1 rings (SSSR count). The van der Waals surface area contributed by atoms with E-state index in [1.54, 1.807) is 16.2 Å². The van der Waals surface area contributed by atoms with Gasteiger partial charge in [0.05, 0.1) is 4.88 Å². The van der Waals surface area contributed by atoms with Gasteiger partial charge in [0.15, 0.2) is 0 Å². The molecule has 0 fully saturated rings. The second-order valence-corrected chi connectivity index (χ2v) is 5.23. The van der Waals surface area contributed by atoms with Gasteiger partial charge in [0.25, 0.3) is 5.91 Å². The summed E-state index contributed by atoms with van der Waals surface area (Å²) in [7, 11) is 5.86. The Bertz CT molecular complexity index is 333. The van der Waals surface area contributed by atoms with E-state index in [0.29, 0.717) is 0 Å². The maximum absolute atomic E-state index is 11.9. The third kappa shape index (κ3) is 3.64. The molecule has 15 heavy (non-hydrogen) atoms. The van der Waals surface area contributed by atoms with Crippen LogP contribution in [0.2, 0.25) is 0 Å². The maximum Gasteiger partial charge on any atom is 0.263 e. The molecule has 1 amide bonds. The van der Waals surface area contributed by atoms with Crippen LogP contribution in [0.5, 0.6) is 0 Å². The summed E-state index contributed by atoms with van der Waals surface area (Å²) in [6, 6.07) is 3.88. The zero-order valence-electron chi connectivity index (χ0n) is 9.78. The Balaban J connectivity index is 2.53. The molecule has 1 aromatic rings. The van der Waals surface area contributed by atoms with E-state index >= 15 is 0 Å². The highest BCUT2D eigenvalue weighted by atomic mass is 32.1. The number of rotatable bonds is 4. The highest BCUT2D eigenvalue weighted by Gasteiger charge is 2.12. The molecule has 3 nitrogen and oxygen atoms in total. The van der Waals surface area contributed by atoms with Gasteiger partial charge < -0.3 is 9.80 Å². The minimum atomic E-state index is 0.120. The number of amides is 1. The lowest BCUT2D eigenvalue weighted by Gasteiger charge is -2.18. The van der Waals surface area contributed by atoms with Crippen molar-refractivity contribution < 1.29 is 4.79 Å². The summed E-state index contributed by atoms with van der Waals surface area (Å²) in [6.45, 7) is 3.68. The fraction of sp³-hybridized carbons (Fsp3) is 0.545. The Morgan fingerprint density at radius 3 is 2.40 bits per heavy atom. The lowest BCUT2D eigenvalue weighted by Crippen LogP contribution is -2.33. The first-order valence-corrected chi connectivity index (χ1v) is 5.79. The van der Waals surface area contributed by atoms with Crippen LogP contribution in [-0.2, 0) is 0 Å². The van der Waals surface area contributed by atoms with E-state index in [0.717, 1.165) is 18.0 Å². The predicted molar refractivity (Wildman–Crippen MR) is 64.6 cm³/mol. The van der Waals surface area contributed by atoms with Crippen molar-refractivity contribution in [2.24, 2.45) is 0 Å². The standard InChI is InChI=1S/C11H18N2OS/c1-9-5-6-10(15-9)11(14)13(4)8-7-12(2)3/h5-6H,7-8H2,1-4H3. The summed E-state index contributed by atoms with van der Waals surface area (Å²) in [5.74, 6) is 0.120. The van der Waals surface area contributed by atoms with Gasteiger partial charge in [-0.25, -0.2) is 0 Å². The molecular weight excluding hydrogens is 208 g/mol. The summed E-state index contributed by atoms with van der Waals surface area (Å²) in [5.41, 5.74) is 0. The van der Waals surface area contributed by atoms with Gasteiger partial charge in [0.2, 0.25) is 0 Å². The quantitative estimate of drug-likeness (QED) is 0.780. The Hall–Kier alpha value is -0.870. The monoisotopic (exact) mass is 226 g/mol. The fourth-order valence-electron chi connectivity index (χ4n) is 1.19. The molecule has 0 aliphatic carbocycles. The molecule has 0 N–H and O–H groups in total. The summed E-state index contributed by atoms with van der Waals surface area (Å²) < 4.78 is 0. The van der Waals surface area contributed by atoms with E-state index in [1.165, 1.54) is 4.88 Å². The minimum absolute atomic E-state index is 0.120. The molecule has 0 unspecified atom stereocenters. The Morgan fingerprint density at radius 1 is 1.27 bits per heavy atom. The first-order chi connectivity index (χ1) is 7.00. The summed E-state index contributed by atoms with van der Waals surface area (Å²) in [5, 5.41) is 0. The van der Waals surface area contributed by atoms with Crippen LogP contribution in [-0.4, -0.2) is 49.9 Å². The highest BCUT2D eigenvalue weighted by molar-refractivity contribution is 7.13. The smallest absolute Gasteiger partial charge is 0.263 e. The van der Waals surface area contributed by atoms with Crippen LogP contribution in [0.1, 0.15) is 14.5 Å². The number of nitrogens with zero attached hydrogens (tertiary/aromatic N) is 2. The molecule has 0 saturated carbocycles. The lowest BCUT2D eigenvalue weighted by atomic mass is 10.4. The largest absolute Gasteiger partial charge is 0.340 e. The maximum atomic E-state index is 11.9. The van der Waals surface area contributed by atoms with Crippen molar-refractivity contribution in [3.63, 3.8) is 0 Å². The first-order valence-electron chi connectivity index (χ1n) is 4.97. The van der Waals surface area contributed by atoms with Gasteiger partial charge in [-0.3, -0.25) is 4.79 Å². The van der Waals surface area contributed by atoms with E-state index in [2.05, 4.69) is 4.90 Å². The molecule has 0 aliphatic heterocycles. The van der Waals surface area contributed by atoms with Crippen LogP contribution in [0.3, 0.4) is 0 Å². The molecule has 0 saturated heterocycles. The summed E-state index contributed by atoms with van der Waals surface area (Å²) >= 11 is 1.55. The normalized spacial score (nSPS) is 10.7. The van der Waals surface area contributed by atoms with E-state index in [4.69, 9.17) is 0 Å². The van der Waals surface area contributed by atoms with Gasteiger partial charge in [-0.15, -0.1) is 11.3 Å². The van der Waals surface area contributed by atoms with Crippen LogP contribution in [0.4, 0.5) is 0 Å². The summed E-state index contributed by atoms with van der Waals surface area (Å²) in [6.07, 6.45) is 0. The predicted octanol–water partition coefficient (Wildman–Crippen LogP) is 1.69. The van der Waals surface area contributed by atoms with Gasteiger partial charge >= 0.3 is 0 Å². The van der Waals surface area contributed by atoms with Gasteiger partial charge in [-0.05, 0) is 33.2 Å². The van der Waals surface area contributed by atoms with Crippen LogP contribution < -0.4 is 0 Å². The molecule has 0 spiro atoms. The second-order valence-electron chi connectivity index (χ2n) is 3.94. The molecular formula is C11H18N2OS. The van der Waals surface area contributed by atoms with Gasteiger partial charge in [-0.1, -0.05) is 0 Å². The first kappa shape index (κ1) is 12.2. The molecule has 1 aromatic heterocycles. The Labute approximate surface area is 95.3 Å². The molecule has 0 aliphatic rings. The van der Waals surface area contributed by atoms with Gasteiger partial charge in [0.1, 0.15) is 0 Å². The van der Waals surface area contributed by atoms with Crippen LogP contribution in [0, 0.1) is 6.92 Å². The number of carbonyl (C=O) groups excluding carboxylic acids is 1. The number of thiophene rings is 1. The molecule has 4 heteroatoms. The molecule has 0 aromatic carbocycles. The molecule has 0 atom stereocenters. The van der Waals surface area contributed by atoms with Crippen molar-refractivity contribution in [2.45, 2.75) is 6.92 Å². The molecule has 0 radical (unpaired) electrons. The molecule has 0 bridgehead atoms. The third-order valence-electron chi connectivity index (χ3n) is 2.18. The van der Waals surface area contributed by atoms with Crippen molar-refractivity contribution in [2.75, 3.05) is 34.2 Å². The van der Waals surface area contributed by atoms with Crippen molar-refractivity contribution in [3.8, 4) is 0 Å². The summed E-state index contributed by atoms with van der Waals surface area (Å²) in [4.78, 5) is 17.7. The minimum Gasteiger partial charge on any atom is -0.340 e. The van der Waals surface area contributed by atoms with Crippen molar-refractivity contribution in [1.82, 2.24) is 9.80 Å². The average molecular weight is 226 g/mol. The number of aryl methyl sites for hydroxylation is 1. The van der Waals surface area contributed by atoms with Crippen molar-refractivity contribution >= 4 is 17.2 Å². The van der Waals surface area contributed by atoms with Crippen LogP contribution in [0.25, 0.3) is 0 Å². The van der Waals surface area contributed by atoms with E-state index in [9.17, 15) is 4.79 Å². The number of hydrogen-bond acceptors (Lipinski definition) is 3. The fourth-order valence-corrected chi connectivity index (χ4v) is 2.05. The highest BCUT2D eigenvalue weighted by Crippen LogP contribution is 2.16. The SMILES string of the molecule is Cc1ccc(C(=O)N(C)CCN(C)C)s1. The molecule has 84 valence electrons. The van der Waals surface area contributed by atoms with Crippen molar-refractivity contribution in [3.05, 3.63) is 21.9 Å². The Morgan fingerprint density at radius 2 is 1.93 bits per heavy atom.